The number of hydrogen-bond acceptors (Lipinski definition) is 5. The van der Waals surface area contributed by atoms with E-state index in [4.69, 9.17) is 23.2 Å². The number of carbonyl (C=O) groups is 1. The fourth-order valence-electron chi connectivity index (χ4n) is 2.55. The summed E-state index contributed by atoms with van der Waals surface area (Å²) in [4.78, 5) is 25.8. The van der Waals surface area contributed by atoms with E-state index in [0.29, 0.717) is 32.8 Å². The van der Waals surface area contributed by atoms with Crippen LogP contribution in [-0.2, 0) is 6.54 Å². The summed E-state index contributed by atoms with van der Waals surface area (Å²) in [5.74, 6) is -0.0467. The van der Waals surface area contributed by atoms with E-state index >= 15 is 0 Å². The Morgan fingerprint density at radius 3 is 2.93 bits per heavy atom. The van der Waals surface area contributed by atoms with Gasteiger partial charge in [0.1, 0.15) is 12.7 Å². The van der Waals surface area contributed by atoms with Gasteiger partial charge in [0.25, 0.3) is 5.91 Å². The molecule has 1 aromatic carbocycles. The first-order valence-electron chi connectivity index (χ1n) is 8.09. The van der Waals surface area contributed by atoms with Crippen molar-refractivity contribution < 1.29 is 4.79 Å². The van der Waals surface area contributed by atoms with Crippen LogP contribution in [0.1, 0.15) is 15.9 Å². The summed E-state index contributed by atoms with van der Waals surface area (Å²) in [7, 11) is 0. The number of amides is 1. The Kier molecular flexibility index (Phi) is 5.34. The minimum absolute atomic E-state index is 0.331. The molecule has 4 aromatic rings. The summed E-state index contributed by atoms with van der Waals surface area (Å²) in [6, 6.07) is 8.65. The molecule has 10 heteroatoms. The number of rotatable bonds is 4. The van der Waals surface area contributed by atoms with E-state index in [-0.39, 0.29) is 0 Å². The molecular weight excluding hydrogens is 419 g/mol. The predicted octanol–water partition coefficient (Wildman–Crippen LogP) is 3.62. The van der Waals surface area contributed by atoms with Gasteiger partial charge in [-0.05, 0) is 29.8 Å². The van der Waals surface area contributed by atoms with Crippen molar-refractivity contribution in [3.8, 4) is 5.82 Å². The molecular formula is C18H12Cl2N6OS. The van der Waals surface area contributed by atoms with Crippen molar-refractivity contribution in [3.05, 3.63) is 86.7 Å². The molecule has 0 unspecified atom stereocenters. The van der Waals surface area contributed by atoms with Gasteiger partial charge in [0.05, 0.1) is 12.1 Å². The van der Waals surface area contributed by atoms with Crippen LogP contribution in [0.15, 0.2) is 65.8 Å². The second-order valence-corrected chi connectivity index (χ2v) is 7.40. The van der Waals surface area contributed by atoms with E-state index in [0.717, 1.165) is 5.56 Å². The maximum atomic E-state index is 12.8. The Morgan fingerprint density at radius 1 is 1.25 bits per heavy atom. The molecule has 0 radical (unpaired) electrons. The van der Waals surface area contributed by atoms with Crippen molar-refractivity contribution in [2.45, 2.75) is 6.54 Å². The van der Waals surface area contributed by atoms with Crippen LogP contribution in [0.4, 0.5) is 0 Å². The molecule has 0 aliphatic carbocycles. The maximum Gasteiger partial charge on any atom is 0.283 e. The average Bonchev–Trinajstić information content (AvgIpc) is 3.36. The van der Waals surface area contributed by atoms with Crippen molar-refractivity contribution in [1.29, 1.82) is 0 Å². The minimum Gasteiger partial charge on any atom is -0.319 e. The van der Waals surface area contributed by atoms with Gasteiger partial charge in [-0.25, -0.2) is 14.6 Å². The van der Waals surface area contributed by atoms with Gasteiger partial charge in [-0.15, -0.1) is 11.3 Å². The molecule has 0 aliphatic heterocycles. The molecule has 4 rings (SSSR count). The average molecular weight is 431 g/mol. The van der Waals surface area contributed by atoms with Crippen LogP contribution in [0.5, 0.6) is 0 Å². The Bertz CT molecular complexity index is 1200. The maximum absolute atomic E-state index is 12.8. The molecule has 0 saturated carbocycles. The van der Waals surface area contributed by atoms with Crippen LogP contribution >= 0.6 is 34.5 Å². The van der Waals surface area contributed by atoms with Crippen LogP contribution in [-0.4, -0.2) is 30.2 Å². The van der Waals surface area contributed by atoms with Crippen LogP contribution in [0.3, 0.4) is 0 Å². The number of benzene rings is 1. The highest BCUT2D eigenvalue weighted by Gasteiger charge is 2.14. The molecule has 28 heavy (non-hydrogen) atoms. The zero-order chi connectivity index (χ0) is 19.5. The van der Waals surface area contributed by atoms with Gasteiger partial charge in [-0.3, -0.25) is 4.79 Å². The topological polar surface area (TPSA) is 78.0 Å². The summed E-state index contributed by atoms with van der Waals surface area (Å²) in [6.07, 6.45) is 6.29. The SMILES string of the molecule is O=C(N=c1sccn1Cc1ccc(Cl)cc1Cl)c1cccnc1-n1cncn1. The van der Waals surface area contributed by atoms with Crippen molar-refractivity contribution in [2.75, 3.05) is 0 Å². The van der Waals surface area contributed by atoms with Gasteiger partial charge in [0, 0.05) is 27.8 Å². The Balaban J connectivity index is 1.68. The Hall–Kier alpha value is -2.81. The molecule has 0 aliphatic rings. The standard InChI is InChI=1S/C18H12Cl2N6OS/c19-13-4-3-12(15(20)8-13)9-25-6-7-28-18(25)24-17(27)14-2-1-5-22-16(14)26-11-21-10-23-26/h1-8,10-11H,9H2. The second kappa shape index (κ2) is 8.05. The quantitative estimate of drug-likeness (QED) is 0.495. The number of hydrogen-bond donors (Lipinski definition) is 0. The van der Waals surface area contributed by atoms with E-state index in [1.807, 2.05) is 22.2 Å². The molecule has 0 N–H and O–H groups in total. The number of pyridine rings is 1. The third-order valence-corrected chi connectivity index (χ3v) is 5.25. The van der Waals surface area contributed by atoms with E-state index in [1.165, 1.54) is 28.7 Å². The second-order valence-electron chi connectivity index (χ2n) is 5.68. The van der Waals surface area contributed by atoms with Gasteiger partial charge >= 0.3 is 0 Å². The van der Waals surface area contributed by atoms with Crippen molar-refractivity contribution >= 4 is 40.4 Å². The number of thiazole rings is 1. The highest BCUT2D eigenvalue weighted by atomic mass is 35.5. The zero-order valence-electron chi connectivity index (χ0n) is 14.2. The number of nitrogens with zero attached hydrogens (tertiary/aromatic N) is 6. The third kappa shape index (κ3) is 3.89. The zero-order valence-corrected chi connectivity index (χ0v) is 16.6. The lowest BCUT2D eigenvalue weighted by molar-refractivity contribution is 0.0997. The summed E-state index contributed by atoms with van der Waals surface area (Å²) >= 11 is 13.6. The molecule has 140 valence electrons. The highest BCUT2D eigenvalue weighted by Crippen LogP contribution is 2.21. The van der Waals surface area contributed by atoms with E-state index in [2.05, 4.69) is 20.1 Å². The summed E-state index contributed by atoms with van der Waals surface area (Å²) in [6.45, 7) is 0.467. The molecule has 3 aromatic heterocycles. The molecule has 0 bridgehead atoms. The van der Waals surface area contributed by atoms with Crippen molar-refractivity contribution in [1.82, 2.24) is 24.3 Å². The Morgan fingerprint density at radius 2 is 2.14 bits per heavy atom. The van der Waals surface area contributed by atoms with Crippen molar-refractivity contribution in [2.24, 2.45) is 4.99 Å². The van der Waals surface area contributed by atoms with E-state index in [1.54, 1.807) is 30.5 Å². The lowest BCUT2D eigenvalue weighted by atomic mass is 10.2. The fraction of sp³-hybridized carbons (Fsp3) is 0.0556. The predicted molar refractivity (Wildman–Crippen MR) is 107 cm³/mol. The fourth-order valence-corrected chi connectivity index (χ4v) is 3.75. The highest BCUT2D eigenvalue weighted by molar-refractivity contribution is 7.07. The summed E-state index contributed by atoms with van der Waals surface area (Å²) < 4.78 is 3.28. The first-order valence-corrected chi connectivity index (χ1v) is 9.72. The van der Waals surface area contributed by atoms with Crippen LogP contribution in [0.2, 0.25) is 10.0 Å². The number of carbonyl (C=O) groups excluding carboxylic acids is 1. The normalized spacial score (nSPS) is 11.7. The van der Waals surface area contributed by atoms with Crippen LogP contribution < -0.4 is 4.80 Å². The summed E-state index contributed by atoms with van der Waals surface area (Å²) in [5, 5.41) is 7.03. The molecule has 0 saturated heterocycles. The summed E-state index contributed by atoms with van der Waals surface area (Å²) in [5.41, 5.74) is 1.21. The molecule has 3 heterocycles. The monoisotopic (exact) mass is 430 g/mol. The molecule has 7 nitrogen and oxygen atoms in total. The van der Waals surface area contributed by atoms with Gasteiger partial charge in [-0.2, -0.15) is 10.1 Å². The minimum atomic E-state index is -0.419. The first-order chi connectivity index (χ1) is 13.6. The molecule has 0 atom stereocenters. The molecule has 0 spiro atoms. The van der Waals surface area contributed by atoms with Gasteiger partial charge in [0.2, 0.25) is 0 Å². The van der Waals surface area contributed by atoms with Crippen LogP contribution in [0, 0.1) is 0 Å². The third-order valence-electron chi connectivity index (χ3n) is 3.87. The first kappa shape index (κ1) is 18.5. The van der Waals surface area contributed by atoms with E-state index in [9.17, 15) is 4.79 Å². The Labute approximate surface area is 173 Å². The van der Waals surface area contributed by atoms with Gasteiger partial charge in [0.15, 0.2) is 10.6 Å². The van der Waals surface area contributed by atoms with Gasteiger partial charge in [-0.1, -0.05) is 29.3 Å². The lowest BCUT2D eigenvalue weighted by Gasteiger charge is -2.07. The lowest BCUT2D eigenvalue weighted by Crippen LogP contribution is -2.18. The van der Waals surface area contributed by atoms with E-state index < -0.39 is 5.91 Å². The number of halogens is 2. The largest absolute Gasteiger partial charge is 0.319 e. The van der Waals surface area contributed by atoms with Crippen molar-refractivity contribution in [3.63, 3.8) is 0 Å². The smallest absolute Gasteiger partial charge is 0.283 e. The molecule has 0 fully saturated rings. The number of aromatic nitrogens is 5. The van der Waals surface area contributed by atoms with Gasteiger partial charge < -0.3 is 4.57 Å². The van der Waals surface area contributed by atoms with Crippen LogP contribution in [0.25, 0.3) is 5.82 Å². The molecule has 1 amide bonds.